The molecule has 0 aliphatic carbocycles. The highest BCUT2D eigenvalue weighted by Crippen LogP contribution is 2.44. The number of halogens is 1. The molecule has 2 aromatic rings. The third kappa shape index (κ3) is 3.56. The molecule has 0 aromatic heterocycles. The number of methoxy groups -OCH3 is 1. The van der Waals surface area contributed by atoms with Crippen LogP contribution < -0.4 is 4.74 Å². The zero-order valence-electron chi connectivity index (χ0n) is 15.3. The number of fused-ring (bicyclic) bond motifs is 1. The first-order valence-corrected chi connectivity index (χ1v) is 8.46. The largest absolute Gasteiger partial charge is 0.469 e. The van der Waals surface area contributed by atoms with Crippen LogP contribution in [-0.2, 0) is 9.53 Å². The predicted molar refractivity (Wildman–Crippen MR) is 98.3 cm³/mol. The maximum atomic E-state index is 13.1. The van der Waals surface area contributed by atoms with Gasteiger partial charge in [0.05, 0.1) is 18.6 Å². The molecule has 0 N–H and O–H groups in total. The normalized spacial score (nSPS) is 15.9. The molecule has 0 bridgehead atoms. The van der Waals surface area contributed by atoms with Gasteiger partial charge < -0.3 is 9.47 Å². The van der Waals surface area contributed by atoms with Crippen LogP contribution in [0.3, 0.4) is 0 Å². The van der Waals surface area contributed by atoms with Gasteiger partial charge in [0.2, 0.25) is 0 Å². The van der Waals surface area contributed by atoms with E-state index in [0.29, 0.717) is 0 Å². The molecule has 1 aliphatic heterocycles. The first-order chi connectivity index (χ1) is 12.8. The zero-order chi connectivity index (χ0) is 19.6. The van der Waals surface area contributed by atoms with E-state index >= 15 is 0 Å². The second-order valence-electron chi connectivity index (χ2n) is 6.79. The minimum absolute atomic E-state index is 0.211. The molecule has 0 radical (unpaired) electrons. The third-order valence-electron chi connectivity index (χ3n) is 4.61. The first kappa shape index (κ1) is 18.6. The molecular formula is C21H20FNO4. The third-order valence-corrected chi connectivity index (χ3v) is 4.61. The van der Waals surface area contributed by atoms with Crippen LogP contribution in [0.4, 0.5) is 9.18 Å². The molecule has 2 aromatic carbocycles. The van der Waals surface area contributed by atoms with Crippen molar-refractivity contribution in [2.75, 3.05) is 7.11 Å². The van der Waals surface area contributed by atoms with Crippen LogP contribution in [0.1, 0.15) is 31.0 Å². The molecule has 0 saturated carbocycles. The van der Waals surface area contributed by atoms with Crippen LogP contribution in [0.25, 0.3) is 6.08 Å². The SMILES string of the molecule is COC(=O)C(C)(C)[C@H]1c2ccccc2C=CN1C(=O)Oc1ccc(F)cc1. The lowest BCUT2D eigenvalue weighted by atomic mass is 9.77. The van der Waals surface area contributed by atoms with Crippen LogP contribution >= 0.6 is 0 Å². The van der Waals surface area contributed by atoms with Crippen LogP contribution in [0, 0.1) is 11.2 Å². The van der Waals surface area contributed by atoms with Gasteiger partial charge in [0.1, 0.15) is 11.6 Å². The van der Waals surface area contributed by atoms with E-state index in [2.05, 4.69) is 0 Å². The van der Waals surface area contributed by atoms with Crippen molar-refractivity contribution in [1.82, 2.24) is 4.90 Å². The summed E-state index contributed by atoms with van der Waals surface area (Å²) in [6.45, 7) is 3.44. The Morgan fingerprint density at radius 1 is 1.07 bits per heavy atom. The molecule has 0 fully saturated rings. The van der Waals surface area contributed by atoms with Crippen molar-refractivity contribution >= 4 is 18.1 Å². The highest BCUT2D eigenvalue weighted by molar-refractivity contribution is 5.81. The quantitative estimate of drug-likeness (QED) is 0.745. The summed E-state index contributed by atoms with van der Waals surface area (Å²) >= 11 is 0. The second kappa shape index (κ2) is 7.23. The van der Waals surface area contributed by atoms with Gasteiger partial charge in [-0.1, -0.05) is 24.3 Å². The van der Waals surface area contributed by atoms with Gasteiger partial charge in [0.25, 0.3) is 0 Å². The van der Waals surface area contributed by atoms with Crippen molar-refractivity contribution < 1.29 is 23.5 Å². The highest BCUT2D eigenvalue weighted by Gasteiger charge is 2.46. The summed E-state index contributed by atoms with van der Waals surface area (Å²) < 4.78 is 23.4. The molecule has 1 heterocycles. The summed E-state index contributed by atoms with van der Waals surface area (Å²) in [5.74, 6) is -0.660. The van der Waals surface area contributed by atoms with Crippen LogP contribution in [-0.4, -0.2) is 24.1 Å². The maximum Gasteiger partial charge on any atom is 0.419 e. The van der Waals surface area contributed by atoms with Crippen molar-refractivity contribution in [3.05, 3.63) is 71.7 Å². The Balaban J connectivity index is 1.98. The van der Waals surface area contributed by atoms with E-state index in [9.17, 15) is 14.0 Å². The number of nitrogens with zero attached hydrogens (tertiary/aromatic N) is 1. The van der Waals surface area contributed by atoms with Gasteiger partial charge in [0.15, 0.2) is 0 Å². The fourth-order valence-electron chi connectivity index (χ4n) is 3.24. The smallest absolute Gasteiger partial charge is 0.419 e. The van der Waals surface area contributed by atoms with Crippen molar-refractivity contribution in [3.63, 3.8) is 0 Å². The van der Waals surface area contributed by atoms with E-state index < -0.39 is 29.3 Å². The van der Waals surface area contributed by atoms with E-state index in [1.165, 1.54) is 36.3 Å². The first-order valence-electron chi connectivity index (χ1n) is 8.46. The van der Waals surface area contributed by atoms with E-state index in [1.54, 1.807) is 26.1 Å². The lowest BCUT2D eigenvalue weighted by molar-refractivity contribution is -0.154. The molecule has 1 aliphatic rings. The highest BCUT2D eigenvalue weighted by atomic mass is 19.1. The summed E-state index contributed by atoms with van der Waals surface area (Å²) in [4.78, 5) is 26.6. The van der Waals surface area contributed by atoms with Crippen molar-refractivity contribution in [2.24, 2.45) is 5.41 Å². The monoisotopic (exact) mass is 369 g/mol. The molecule has 0 unspecified atom stereocenters. The van der Waals surface area contributed by atoms with Crippen LogP contribution in [0.15, 0.2) is 54.7 Å². The number of carbonyl (C=O) groups is 2. The summed E-state index contributed by atoms with van der Waals surface area (Å²) in [6, 6.07) is 12.0. The Hall–Kier alpha value is -3.15. The van der Waals surface area contributed by atoms with E-state index in [4.69, 9.17) is 9.47 Å². The topological polar surface area (TPSA) is 55.8 Å². The van der Waals surface area contributed by atoms with Crippen LogP contribution in [0.5, 0.6) is 5.75 Å². The predicted octanol–water partition coefficient (Wildman–Crippen LogP) is 4.55. The Labute approximate surface area is 157 Å². The molecular weight excluding hydrogens is 349 g/mol. The lowest BCUT2D eigenvalue weighted by Gasteiger charge is -2.40. The van der Waals surface area contributed by atoms with Crippen molar-refractivity contribution in [2.45, 2.75) is 19.9 Å². The maximum absolute atomic E-state index is 13.1. The molecule has 3 rings (SSSR count). The van der Waals surface area contributed by atoms with Gasteiger partial charge in [-0.15, -0.1) is 0 Å². The lowest BCUT2D eigenvalue weighted by Crippen LogP contribution is -2.45. The van der Waals surface area contributed by atoms with Gasteiger partial charge >= 0.3 is 12.1 Å². The number of hydrogen-bond donors (Lipinski definition) is 0. The second-order valence-corrected chi connectivity index (χ2v) is 6.79. The number of rotatable bonds is 3. The van der Waals surface area contributed by atoms with Crippen LogP contribution in [0.2, 0.25) is 0 Å². The molecule has 140 valence electrons. The summed E-state index contributed by atoms with van der Waals surface area (Å²) in [7, 11) is 1.32. The fraction of sp³-hybridized carbons (Fsp3) is 0.238. The van der Waals surface area contributed by atoms with E-state index in [-0.39, 0.29) is 5.75 Å². The Morgan fingerprint density at radius 2 is 1.74 bits per heavy atom. The standard InChI is InChI=1S/C21H20FNO4/c1-21(2,19(24)26-3)18-17-7-5-4-6-14(17)12-13-23(18)20(25)27-16-10-8-15(22)9-11-16/h4-13,18H,1-3H3/t18-/m1/s1. The number of hydrogen-bond acceptors (Lipinski definition) is 4. The van der Waals surface area contributed by atoms with E-state index in [1.807, 2.05) is 24.3 Å². The average Bonchev–Trinajstić information content (AvgIpc) is 2.67. The molecule has 0 spiro atoms. The van der Waals surface area contributed by atoms with Crippen molar-refractivity contribution in [1.29, 1.82) is 0 Å². The number of benzene rings is 2. The molecule has 0 saturated heterocycles. The Kier molecular flexibility index (Phi) is 4.99. The summed E-state index contributed by atoms with van der Waals surface area (Å²) in [5, 5.41) is 0. The Bertz CT molecular complexity index is 889. The van der Waals surface area contributed by atoms with Gasteiger partial charge in [-0.2, -0.15) is 0 Å². The molecule has 27 heavy (non-hydrogen) atoms. The van der Waals surface area contributed by atoms with Gasteiger partial charge in [-0.25, -0.2) is 9.18 Å². The van der Waals surface area contributed by atoms with Gasteiger partial charge in [-0.3, -0.25) is 9.69 Å². The molecule has 1 atom stereocenters. The summed E-state index contributed by atoms with van der Waals surface area (Å²) in [6.07, 6.45) is 2.70. The number of amides is 1. The van der Waals surface area contributed by atoms with Crippen molar-refractivity contribution in [3.8, 4) is 5.75 Å². The van der Waals surface area contributed by atoms with Gasteiger partial charge in [0, 0.05) is 6.20 Å². The summed E-state index contributed by atoms with van der Waals surface area (Å²) in [5.41, 5.74) is 0.689. The number of carbonyl (C=O) groups excluding carboxylic acids is 2. The minimum Gasteiger partial charge on any atom is -0.469 e. The Morgan fingerprint density at radius 3 is 2.41 bits per heavy atom. The van der Waals surface area contributed by atoms with E-state index in [0.717, 1.165) is 11.1 Å². The number of ether oxygens (including phenoxy) is 2. The van der Waals surface area contributed by atoms with Gasteiger partial charge in [-0.05, 0) is 55.3 Å². The number of esters is 1. The molecule has 5 nitrogen and oxygen atoms in total. The molecule has 1 amide bonds. The fourth-order valence-corrected chi connectivity index (χ4v) is 3.24. The average molecular weight is 369 g/mol. The minimum atomic E-state index is -1.03. The molecule has 6 heteroatoms. The zero-order valence-corrected chi connectivity index (χ0v) is 15.3.